The molecule has 2 fully saturated rings. The van der Waals surface area contributed by atoms with Gasteiger partial charge in [0.15, 0.2) is 0 Å². The predicted octanol–water partition coefficient (Wildman–Crippen LogP) is 2.54. The first-order valence-corrected chi connectivity index (χ1v) is 7.29. The highest BCUT2D eigenvalue weighted by atomic mass is 32.2. The summed E-state index contributed by atoms with van der Waals surface area (Å²) >= 11 is 2.01. The molecule has 0 aromatic rings. The summed E-state index contributed by atoms with van der Waals surface area (Å²) in [4.78, 5) is 10.6. The third-order valence-electron chi connectivity index (χ3n) is 3.77. The van der Waals surface area contributed by atoms with Crippen molar-refractivity contribution in [3.05, 3.63) is 0 Å². The molecule has 2 rings (SSSR count). The molecular formula is C12H20O3S. The zero-order chi connectivity index (χ0) is 11.4. The van der Waals surface area contributed by atoms with E-state index in [9.17, 15) is 4.79 Å². The van der Waals surface area contributed by atoms with E-state index in [1.165, 1.54) is 11.5 Å². The highest BCUT2D eigenvalue weighted by Crippen LogP contribution is 2.40. The van der Waals surface area contributed by atoms with Gasteiger partial charge < -0.3 is 9.84 Å². The lowest BCUT2D eigenvalue weighted by molar-refractivity contribution is -0.138. The Kier molecular flexibility index (Phi) is 4.14. The fourth-order valence-corrected chi connectivity index (χ4v) is 4.03. The molecule has 1 atom stereocenters. The van der Waals surface area contributed by atoms with Crippen LogP contribution in [-0.2, 0) is 9.53 Å². The Balaban J connectivity index is 1.85. The summed E-state index contributed by atoms with van der Waals surface area (Å²) in [5, 5.41) is 8.71. The van der Waals surface area contributed by atoms with Gasteiger partial charge in [-0.25, -0.2) is 0 Å². The maximum atomic E-state index is 10.6. The van der Waals surface area contributed by atoms with Crippen molar-refractivity contribution in [3.63, 3.8) is 0 Å². The van der Waals surface area contributed by atoms with Crippen molar-refractivity contribution < 1.29 is 14.6 Å². The smallest absolute Gasteiger partial charge is 0.303 e. The highest BCUT2D eigenvalue weighted by molar-refractivity contribution is 7.99. The molecule has 0 bridgehead atoms. The molecule has 2 aliphatic rings. The minimum absolute atomic E-state index is 0.104. The monoisotopic (exact) mass is 244 g/mol. The molecular weight excluding hydrogens is 224 g/mol. The van der Waals surface area contributed by atoms with Crippen LogP contribution in [0.2, 0.25) is 0 Å². The second-order valence-electron chi connectivity index (χ2n) is 4.94. The molecule has 0 amide bonds. The number of hydrogen-bond donors (Lipinski definition) is 1. The summed E-state index contributed by atoms with van der Waals surface area (Å²) in [5.74, 6) is 2.30. The van der Waals surface area contributed by atoms with Gasteiger partial charge in [-0.1, -0.05) is 0 Å². The number of hydrogen-bond acceptors (Lipinski definition) is 3. The molecule has 2 aliphatic heterocycles. The molecule has 2 saturated heterocycles. The number of rotatable bonds is 3. The Morgan fingerprint density at radius 3 is 2.88 bits per heavy atom. The third-order valence-corrected chi connectivity index (χ3v) is 4.75. The second-order valence-corrected chi connectivity index (χ2v) is 6.16. The van der Waals surface area contributed by atoms with E-state index in [1.54, 1.807) is 0 Å². The average molecular weight is 244 g/mol. The van der Waals surface area contributed by atoms with Gasteiger partial charge in [-0.15, -0.1) is 0 Å². The molecule has 0 aliphatic carbocycles. The first kappa shape index (κ1) is 12.2. The first-order chi connectivity index (χ1) is 7.70. The van der Waals surface area contributed by atoms with Crippen LogP contribution < -0.4 is 0 Å². The van der Waals surface area contributed by atoms with Crippen LogP contribution in [0.3, 0.4) is 0 Å². The van der Waals surface area contributed by atoms with Gasteiger partial charge in [-0.05, 0) is 49.5 Å². The van der Waals surface area contributed by atoms with E-state index in [4.69, 9.17) is 9.84 Å². The Morgan fingerprint density at radius 1 is 1.44 bits per heavy atom. The van der Waals surface area contributed by atoms with E-state index < -0.39 is 5.97 Å². The van der Waals surface area contributed by atoms with Gasteiger partial charge in [0.25, 0.3) is 0 Å². The van der Waals surface area contributed by atoms with Crippen molar-refractivity contribution in [2.45, 2.75) is 44.1 Å². The summed E-state index contributed by atoms with van der Waals surface area (Å²) in [7, 11) is 0. The molecule has 2 heterocycles. The highest BCUT2D eigenvalue weighted by Gasteiger charge is 2.38. The minimum Gasteiger partial charge on any atom is -0.481 e. The van der Waals surface area contributed by atoms with Gasteiger partial charge in [0.1, 0.15) is 0 Å². The van der Waals surface area contributed by atoms with E-state index in [0.29, 0.717) is 12.3 Å². The largest absolute Gasteiger partial charge is 0.481 e. The number of ether oxygens (including phenoxy) is 1. The fourth-order valence-electron chi connectivity index (χ4n) is 2.80. The molecule has 1 N–H and O–H groups in total. The van der Waals surface area contributed by atoms with Crippen molar-refractivity contribution in [2.75, 3.05) is 18.1 Å². The summed E-state index contributed by atoms with van der Waals surface area (Å²) in [5.41, 5.74) is 0.104. The van der Waals surface area contributed by atoms with Crippen LogP contribution in [0.5, 0.6) is 0 Å². The van der Waals surface area contributed by atoms with Crippen LogP contribution in [-0.4, -0.2) is 34.8 Å². The van der Waals surface area contributed by atoms with Crippen LogP contribution in [0.25, 0.3) is 0 Å². The number of aliphatic carboxylic acids is 1. The van der Waals surface area contributed by atoms with Crippen LogP contribution in [0.4, 0.5) is 0 Å². The van der Waals surface area contributed by atoms with Crippen molar-refractivity contribution in [1.29, 1.82) is 0 Å². The Hall–Kier alpha value is -0.220. The lowest BCUT2D eigenvalue weighted by Crippen LogP contribution is -2.42. The molecule has 1 unspecified atom stereocenters. The molecule has 92 valence electrons. The van der Waals surface area contributed by atoms with Gasteiger partial charge >= 0.3 is 5.97 Å². The Morgan fingerprint density at radius 2 is 2.19 bits per heavy atom. The quantitative estimate of drug-likeness (QED) is 0.828. The standard InChI is InChI=1S/C12H20O3S/c13-11(14)2-1-10-3-6-15-12(9-10)4-7-16-8-5-12/h10H,1-9H2,(H,13,14). The van der Waals surface area contributed by atoms with Gasteiger partial charge in [0, 0.05) is 13.0 Å². The van der Waals surface area contributed by atoms with Crippen molar-refractivity contribution in [3.8, 4) is 0 Å². The molecule has 16 heavy (non-hydrogen) atoms. The predicted molar refractivity (Wildman–Crippen MR) is 64.8 cm³/mol. The van der Waals surface area contributed by atoms with E-state index in [2.05, 4.69) is 0 Å². The summed E-state index contributed by atoms with van der Waals surface area (Å²) < 4.78 is 5.98. The van der Waals surface area contributed by atoms with E-state index in [0.717, 1.165) is 38.7 Å². The van der Waals surface area contributed by atoms with Gasteiger partial charge in [-0.3, -0.25) is 4.79 Å². The van der Waals surface area contributed by atoms with Crippen molar-refractivity contribution in [2.24, 2.45) is 5.92 Å². The normalized spacial score (nSPS) is 29.1. The maximum Gasteiger partial charge on any atom is 0.303 e. The molecule has 0 radical (unpaired) electrons. The Labute approximate surface area is 101 Å². The summed E-state index contributed by atoms with van der Waals surface area (Å²) in [6.45, 7) is 0.828. The minimum atomic E-state index is -0.667. The van der Waals surface area contributed by atoms with Crippen LogP contribution in [0.15, 0.2) is 0 Å². The lowest BCUT2D eigenvalue weighted by atomic mass is 9.80. The SMILES string of the molecule is O=C(O)CCC1CCOC2(CCSCC2)C1. The van der Waals surface area contributed by atoms with Crippen molar-refractivity contribution in [1.82, 2.24) is 0 Å². The zero-order valence-corrected chi connectivity index (χ0v) is 10.4. The van der Waals surface area contributed by atoms with Gasteiger partial charge in [-0.2, -0.15) is 11.8 Å². The fraction of sp³-hybridized carbons (Fsp3) is 0.917. The summed E-state index contributed by atoms with van der Waals surface area (Å²) in [6.07, 6.45) is 5.58. The molecule has 0 saturated carbocycles. The van der Waals surface area contributed by atoms with Crippen LogP contribution >= 0.6 is 11.8 Å². The lowest BCUT2D eigenvalue weighted by Gasteiger charge is -2.43. The number of thioether (sulfide) groups is 1. The third kappa shape index (κ3) is 3.14. The second kappa shape index (κ2) is 5.41. The Bertz CT molecular complexity index is 243. The first-order valence-electron chi connectivity index (χ1n) is 6.14. The number of carboxylic acids is 1. The topological polar surface area (TPSA) is 46.5 Å². The van der Waals surface area contributed by atoms with Crippen molar-refractivity contribution >= 4 is 17.7 Å². The van der Waals surface area contributed by atoms with E-state index >= 15 is 0 Å². The van der Waals surface area contributed by atoms with E-state index in [-0.39, 0.29) is 5.60 Å². The zero-order valence-electron chi connectivity index (χ0n) is 9.61. The molecule has 1 spiro atoms. The van der Waals surface area contributed by atoms with Crippen LogP contribution in [0.1, 0.15) is 38.5 Å². The molecule has 4 heteroatoms. The number of carbonyl (C=O) groups is 1. The molecule has 3 nitrogen and oxygen atoms in total. The van der Waals surface area contributed by atoms with Gasteiger partial charge in [0.2, 0.25) is 0 Å². The van der Waals surface area contributed by atoms with E-state index in [1.807, 2.05) is 11.8 Å². The van der Waals surface area contributed by atoms with Gasteiger partial charge in [0.05, 0.1) is 5.60 Å². The molecule has 0 aromatic heterocycles. The average Bonchev–Trinajstić information content (AvgIpc) is 2.28. The maximum absolute atomic E-state index is 10.6. The summed E-state index contributed by atoms with van der Waals surface area (Å²) in [6, 6.07) is 0. The number of carboxylic acid groups (broad SMARTS) is 1. The molecule has 0 aromatic carbocycles. The van der Waals surface area contributed by atoms with Crippen LogP contribution in [0, 0.1) is 5.92 Å².